The van der Waals surface area contributed by atoms with Crippen molar-refractivity contribution >= 4 is 5.78 Å². The third-order valence-corrected chi connectivity index (χ3v) is 6.88. The third kappa shape index (κ3) is 5.80. The number of rotatable bonds is 7. The molecule has 1 fully saturated rings. The summed E-state index contributed by atoms with van der Waals surface area (Å²) in [7, 11) is 0. The van der Waals surface area contributed by atoms with Gasteiger partial charge in [0.25, 0.3) is 0 Å². The number of hydrogen-bond acceptors (Lipinski definition) is 3. The van der Waals surface area contributed by atoms with E-state index in [2.05, 4.69) is 59.6 Å². The summed E-state index contributed by atoms with van der Waals surface area (Å²) in [5.41, 5.74) is 6.47. The molecule has 0 spiro atoms. The maximum atomic E-state index is 12.7. The fourth-order valence-corrected chi connectivity index (χ4v) is 5.04. The van der Waals surface area contributed by atoms with Crippen molar-refractivity contribution in [3.05, 3.63) is 70.3 Å². The summed E-state index contributed by atoms with van der Waals surface area (Å²) in [5, 5.41) is 3.44. The first-order valence-corrected chi connectivity index (χ1v) is 11.8. The van der Waals surface area contributed by atoms with Crippen LogP contribution >= 0.6 is 0 Å². The van der Waals surface area contributed by atoms with Gasteiger partial charge in [0.2, 0.25) is 0 Å². The topological polar surface area (TPSA) is 32.3 Å². The molecule has 160 valence electrons. The maximum Gasteiger partial charge on any atom is 0.162 e. The molecule has 0 unspecified atom stereocenters. The summed E-state index contributed by atoms with van der Waals surface area (Å²) in [5.74, 6) is 1.11. The van der Waals surface area contributed by atoms with Gasteiger partial charge in [-0.15, -0.1) is 0 Å². The van der Waals surface area contributed by atoms with Crippen LogP contribution in [0.3, 0.4) is 0 Å². The highest BCUT2D eigenvalue weighted by Crippen LogP contribution is 2.25. The maximum absolute atomic E-state index is 12.7. The normalized spacial score (nSPS) is 18.0. The van der Waals surface area contributed by atoms with Gasteiger partial charge in [-0.25, -0.2) is 0 Å². The van der Waals surface area contributed by atoms with E-state index in [9.17, 15) is 4.79 Å². The van der Waals surface area contributed by atoms with E-state index in [0.29, 0.717) is 12.2 Å². The van der Waals surface area contributed by atoms with Gasteiger partial charge in [0.05, 0.1) is 0 Å². The molecule has 2 aliphatic heterocycles. The zero-order valence-electron chi connectivity index (χ0n) is 18.5. The monoisotopic (exact) mass is 404 g/mol. The van der Waals surface area contributed by atoms with Gasteiger partial charge in [0, 0.05) is 18.5 Å². The second kappa shape index (κ2) is 10.4. The second-order valence-electron chi connectivity index (χ2n) is 9.26. The molecule has 2 heterocycles. The highest BCUT2D eigenvalue weighted by molar-refractivity contribution is 5.96. The lowest BCUT2D eigenvalue weighted by molar-refractivity contribution is 0.0974. The van der Waals surface area contributed by atoms with Crippen LogP contribution in [0.2, 0.25) is 0 Å². The van der Waals surface area contributed by atoms with Crippen LogP contribution in [-0.2, 0) is 19.4 Å². The number of hydrogen-bond donors (Lipinski definition) is 1. The lowest BCUT2D eigenvalue weighted by Gasteiger charge is -2.32. The number of nitrogens with zero attached hydrogens (tertiary/aromatic N) is 1. The molecule has 30 heavy (non-hydrogen) atoms. The number of likely N-dealkylation sites (tertiary alicyclic amines) is 1. The van der Waals surface area contributed by atoms with Gasteiger partial charge in [0.1, 0.15) is 0 Å². The largest absolute Gasteiger partial charge is 0.316 e. The number of fused-ring (bicyclic) bond motifs is 1. The van der Waals surface area contributed by atoms with Crippen LogP contribution in [0.1, 0.15) is 64.7 Å². The summed E-state index contributed by atoms with van der Waals surface area (Å²) in [4.78, 5) is 15.3. The van der Waals surface area contributed by atoms with E-state index in [4.69, 9.17) is 0 Å². The van der Waals surface area contributed by atoms with Gasteiger partial charge < -0.3 is 5.32 Å². The third-order valence-electron chi connectivity index (χ3n) is 6.88. The van der Waals surface area contributed by atoms with Gasteiger partial charge in [-0.1, -0.05) is 42.0 Å². The Morgan fingerprint density at radius 1 is 1.03 bits per heavy atom. The van der Waals surface area contributed by atoms with Crippen LogP contribution in [0.25, 0.3) is 0 Å². The zero-order valence-corrected chi connectivity index (χ0v) is 18.5. The van der Waals surface area contributed by atoms with Gasteiger partial charge >= 0.3 is 0 Å². The van der Waals surface area contributed by atoms with E-state index < -0.39 is 0 Å². The Balaban J connectivity index is 1.19. The van der Waals surface area contributed by atoms with Gasteiger partial charge in [-0.3, -0.25) is 9.69 Å². The smallest absolute Gasteiger partial charge is 0.162 e. The van der Waals surface area contributed by atoms with E-state index in [1.54, 1.807) is 0 Å². The summed E-state index contributed by atoms with van der Waals surface area (Å²) in [6.07, 6.45) is 7.57. The zero-order chi connectivity index (χ0) is 20.8. The average molecular weight is 405 g/mol. The predicted octanol–water partition coefficient (Wildman–Crippen LogP) is 4.95. The molecule has 4 rings (SSSR count). The highest BCUT2D eigenvalue weighted by Gasteiger charge is 2.20. The number of carbonyl (C=O) groups excluding carboxylic acids is 1. The molecule has 1 N–H and O–H groups in total. The summed E-state index contributed by atoms with van der Waals surface area (Å²) in [6, 6.07) is 15.3. The molecule has 2 aromatic rings. The molecule has 0 atom stereocenters. The van der Waals surface area contributed by atoms with Crippen molar-refractivity contribution in [2.75, 3.05) is 26.2 Å². The number of aryl methyl sites for hydroxylation is 1. The predicted molar refractivity (Wildman–Crippen MR) is 124 cm³/mol. The molecule has 0 aliphatic carbocycles. The molecule has 2 aromatic carbocycles. The van der Waals surface area contributed by atoms with E-state index in [1.165, 1.54) is 54.6 Å². The molecule has 2 aliphatic rings. The van der Waals surface area contributed by atoms with Crippen LogP contribution in [-0.4, -0.2) is 36.9 Å². The minimum absolute atomic E-state index is 0.326. The Bertz CT molecular complexity index is 852. The van der Waals surface area contributed by atoms with E-state index in [1.807, 2.05) is 0 Å². The van der Waals surface area contributed by atoms with Crippen molar-refractivity contribution in [1.82, 2.24) is 10.2 Å². The molecule has 0 aromatic heterocycles. The number of nitrogens with one attached hydrogen (secondary N) is 1. The van der Waals surface area contributed by atoms with Crippen molar-refractivity contribution in [2.45, 2.75) is 58.4 Å². The molecular weight excluding hydrogens is 368 g/mol. The first-order valence-electron chi connectivity index (χ1n) is 11.8. The van der Waals surface area contributed by atoms with E-state index in [-0.39, 0.29) is 0 Å². The molecule has 0 saturated carbocycles. The van der Waals surface area contributed by atoms with Crippen molar-refractivity contribution in [3.63, 3.8) is 0 Å². The van der Waals surface area contributed by atoms with Crippen LogP contribution in [0, 0.1) is 12.8 Å². The van der Waals surface area contributed by atoms with Gasteiger partial charge in [-0.05, 0) is 100 Å². The molecule has 0 bridgehead atoms. The number of Topliss-reactive ketones (excluding diaryl/α,β-unsaturated/α-hetero) is 1. The van der Waals surface area contributed by atoms with Crippen molar-refractivity contribution in [1.29, 1.82) is 0 Å². The molecule has 3 nitrogen and oxygen atoms in total. The fraction of sp³-hybridized carbons (Fsp3) is 0.519. The Kier molecular flexibility index (Phi) is 7.35. The Morgan fingerprint density at radius 2 is 1.83 bits per heavy atom. The standard InChI is InChI=1S/C27H36N2O/c1-21-4-2-6-23(18-21)20-29-16-12-22(13-17-29)5-3-7-27(30)26-9-8-24-10-14-28-15-11-25(24)19-26/h2,4,6,8-9,18-19,22,28H,3,5,7,10-17,20H2,1H3. The van der Waals surface area contributed by atoms with Crippen molar-refractivity contribution in [3.8, 4) is 0 Å². The van der Waals surface area contributed by atoms with Crippen LogP contribution < -0.4 is 5.32 Å². The number of piperidine rings is 1. The second-order valence-corrected chi connectivity index (χ2v) is 9.26. The average Bonchev–Trinajstić information content (AvgIpc) is 3.00. The Morgan fingerprint density at radius 3 is 2.63 bits per heavy atom. The minimum atomic E-state index is 0.326. The lowest BCUT2D eigenvalue weighted by Crippen LogP contribution is -2.33. The summed E-state index contributed by atoms with van der Waals surface area (Å²) in [6.45, 7) is 7.68. The quantitative estimate of drug-likeness (QED) is 0.663. The lowest BCUT2D eigenvalue weighted by atomic mass is 9.90. The van der Waals surface area contributed by atoms with Crippen LogP contribution in [0.5, 0.6) is 0 Å². The molecule has 1 saturated heterocycles. The first-order chi connectivity index (χ1) is 14.7. The molecule has 0 radical (unpaired) electrons. The highest BCUT2D eigenvalue weighted by atomic mass is 16.1. The van der Waals surface area contributed by atoms with E-state index in [0.717, 1.165) is 50.4 Å². The number of ketones is 1. The van der Waals surface area contributed by atoms with Gasteiger partial charge in [-0.2, -0.15) is 0 Å². The van der Waals surface area contributed by atoms with Crippen LogP contribution in [0.15, 0.2) is 42.5 Å². The SMILES string of the molecule is Cc1cccc(CN2CCC(CCCC(=O)c3ccc4c(c3)CCNCC4)CC2)c1. The van der Waals surface area contributed by atoms with Crippen molar-refractivity contribution < 1.29 is 4.79 Å². The Hall–Kier alpha value is -1.97. The summed E-state index contributed by atoms with van der Waals surface area (Å²) < 4.78 is 0. The number of benzene rings is 2. The molecule has 0 amide bonds. The minimum Gasteiger partial charge on any atom is -0.316 e. The number of carbonyl (C=O) groups is 1. The fourth-order valence-electron chi connectivity index (χ4n) is 5.04. The molecular formula is C27H36N2O. The van der Waals surface area contributed by atoms with Gasteiger partial charge in [0.15, 0.2) is 5.78 Å². The van der Waals surface area contributed by atoms with E-state index >= 15 is 0 Å². The van der Waals surface area contributed by atoms with Crippen LogP contribution in [0.4, 0.5) is 0 Å². The Labute approximate surface area is 181 Å². The summed E-state index contributed by atoms with van der Waals surface area (Å²) >= 11 is 0. The molecule has 3 heteroatoms. The van der Waals surface area contributed by atoms with Crippen molar-refractivity contribution in [2.24, 2.45) is 5.92 Å². The first kappa shape index (κ1) is 21.3.